The van der Waals surface area contributed by atoms with E-state index in [-0.39, 0.29) is 11.9 Å². The highest BCUT2D eigenvalue weighted by atomic mass is 16.5. The predicted octanol–water partition coefficient (Wildman–Crippen LogP) is 4.52. The van der Waals surface area contributed by atoms with E-state index in [0.717, 1.165) is 47.8 Å². The van der Waals surface area contributed by atoms with Crippen LogP contribution in [-0.4, -0.2) is 43.0 Å². The lowest BCUT2D eigenvalue weighted by Gasteiger charge is -2.31. The number of amides is 1. The summed E-state index contributed by atoms with van der Waals surface area (Å²) in [7, 11) is 3.41. The van der Waals surface area contributed by atoms with Crippen LogP contribution in [0.25, 0.3) is 10.8 Å². The van der Waals surface area contributed by atoms with Crippen LogP contribution < -0.4 is 4.74 Å². The number of hydrogen-bond acceptors (Lipinski definition) is 4. The number of likely N-dealkylation sites (N-methyl/N-ethyl adjacent to an activating group) is 1. The second kappa shape index (κ2) is 9.20. The van der Waals surface area contributed by atoms with Gasteiger partial charge in [-0.15, -0.1) is 0 Å². The number of carbonyl (C=O) groups excluding carboxylic acids is 1. The molecule has 5 nitrogen and oxygen atoms in total. The zero-order valence-electron chi connectivity index (χ0n) is 18.0. The molecule has 158 valence electrons. The molecule has 1 unspecified atom stereocenters. The number of ether oxygens (including phenoxy) is 1. The van der Waals surface area contributed by atoms with Crippen LogP contribution in [0.1, 0.15) is 35.6 Å². The monoisotopic (exact) mass is 413 g/mol. The zero-order valence-corrected chi connectivity index (χ0v) is 18.0. The normalized spacial score (nSPS) is 14.9. The zero-order chi connectivity index (χ0) is 21.8. The Balaban J connectivity index is 1.71. The van der Waals surface area contributed by atoms with Gasteiger partial charge in [0.25, 0.3) is 0 Å². The van der Waals surface area contributed by atoms with Gasteiger partial charge >= 0.3 is 0 Å². The van der Waals surface area contributed by atoms with Crippen molar-refractivity contribution in [3.63, 3.8) is 0 Å². The minimum atomic E-state index is -0.301. The van der Waals surface area contributed by atoms with Crippen molar-refractivity contribution in [2.75, 3.05) is 27.2 Å². The minimum Gasteiger partial charge on any atom is -0.495 e. The molecule has 3 aromatic carbocycles. The highest BCUT2D eigenvalue weighted by Gasteiger charge is 2.32. The lowest BCUT2D eigenvalue weighted by molar-refractivity contribution is -0.136. The van der Waals surface area contributed by atoms with Gasteiger partial charge < -0.3 is 9.64 Å². The molecule has 1 atom stereocenters. The Kier molecular flexibility index (Phi) is 6.20. The molecular formula is C26H27N3O2. The Bertz CT molecular complexity index is 1110. The average molecular weight is 414 g/mol. The Morgan fingerprint density at radius 3 is 2.48 bits per heavy atom. The summed E-state index contributed by atoms with van der Waals surface area (Å²) < 4.78 is 5.63. The van der Waals surface area contributed by atoms with E-state index in [2.05, 4.69) is 11.0 Å². The van der Waals surface area contributed by atoms with Gasteiger partial charge in [-0.3, -0.25) is 9.69 Å². The van der Waals surface area contributed by atoms with Crippen LogP contribution >= 0.6 is 0 Å². The summed E-state index contributed by atoms with van der Waals surface area (Å²) in [6.45, 7) is 2.22. The largest absolute Gasteiger partial charge is 0.495 e. The summed E-state index contributed by atoms with van der Waals surface area (Å²) >= 11 is 0. The number of likely N-dealkylation sites (tertiary alicyclic amines) is 1. The van der Waals surface area contributed by atoms with E-state index < -0.39 is 0 Å². The van der Waals surface area contributed by atoms with E-state index in [1.807, 2.05) is 67.7 Å². The molecule has 0 N–H and O–H groups in total. The Morgan fingerprint density at radius 1 is 1.13 bits per heavy atom. The fourth-order valence-electron chi connectivity index (χ4n) is 4.55. The second-order valence-corrected chi connectivity index (χ2v) is 8.02. The molecule has 0 bridgehead atoms. The summed E-state index contributed by atoms with van der Waals surface area (Å²) in [5.74, 6) is 0.597. The molecule has 1 heterocycles. The van der Waals surface area contributed by atoms with Crippen LogP contribution in [0.4, 0.5) is 0 Å². The fourth-order valence-corrected chi connectivity index (χ4v) is 4.55. The van der Waals surface area contributed by atoms with Gasteiger partial charge in [0.1, 0.15) is 17.9 Å². The van der Waals surface area contributed by atoms with E-state index in [9.17, 15) is 10.1 Å². The fraction of sp³-hybridized carbons (Fsp3) is 0.308. The van der Waals surface area contributed by atoms with Gasteiger partial charge in [-0.05, 0) is 48.3 Å². The maximum absolute atomic E-state index is 13.7. The Morgan fingerprint density at radius 2 is 1.81 bits per heavy atom. The minimum absolute atomic E-state index is 0.0570. The summed E-state index contributed by atoms with van der Waals surface area (Å²) in [6.07, 6.45) is 2.23. The van der Waals surface area contributed by atoms with Crippen LogP contribution in [0.3, 0.4) is 0 Å². The van der Waals surface area contributed by atoms with Crippen molar-refractivity contribution in [3.05, 3.63) is 77.4 Å². The van der Waals surface area contributed by atoms with Gasteiger partial charge in [0.15, 0.2) is 0 Å². The van der Waals surface area contributed by atoms with Crippen molar-refractivity contribution < 1.29 is 9.53 Å². The smallest absolute Gasteiger partial charge is 0.244 e. The molecule has 4 rings (SSSR count). The van der Waals surface area contributed by atoms with Gasteiger partial charge in [0.2, 0.25) is 5.91 Å². The van der Waals surface area contributed by atoms with Crippen molar-refractivity contribution in [3.8, 4) is 11.8 Å². The molecule has 1 fully saturated rings. The first-order valence-electron chi connectivity index (χ1n) is 10.7. The number of hydrogen-bond donors (Lipinski definition) is 0. The SMILES string of the molecule is COc1c(C#N)cc2ccccc2c1CN(C)C(=O)C(c1ccccc1)N1CCCC1. The Labute approximate surface area is 183 Å². The lowest BCUT2D eigenvalue weighted by Crippen LogP contribution is -2.40. The molecule has 0 saturated carbocycles. The Hall–Kier alpha value is -3.36. The molecule has 0 spiro atoms. The molecule has 31 heavy (non-hydrogen) atoms. The van der Waals surface area contributed by atoms with Crippen molar-refractivity contribution in [2.45, 2.75) is 25.4 Å². The first-order valence-corrected chi connectivity index (χ1v) is 10.7. The summed E-state index contributed by atoms with van der Waals surface area (Å²) in [5, 5.41) is 11.6. The van der Waals surface area contributed by atoms with Crippen molar-refractivity contribution in [1.82, 2.24) is 9.80 Å². The van der Waals surface area contributed by atoms with Gasteiger partial charge in [0, 0.05) is 19.2 Å². The molecule has 1 aliphatic heterocycles. The van der Waals surface area contributed by atoms with Crippen LogP contribution in [0.5, 0.6) is 5.75 Å². The first kappa shape index (κ1) is 20.9. The maximum Gasteiger partial charge on any atom is 0.244 e. The third kappa shape index (κ3) is 4.12. The number of fused-ring (bicyclic) bond motifs is 1. The average Bonchev–Trinajstić information content (AvgIpc) is 3.33. The number of benzene rings is 3. The van der Waals surface area contributed by atoms with Crippen LogP contribution in [0.15, 0.2) is 60.7 Å². The standard InChI is InChI=1S/C26H27N3O2/c1-28(26(30)24(29-14-8-9-15-29)19-10-4-3-5-11-19)18-23-22-13-7-6-12-20(22)16-21(17-27)25(23)31-2/h3-7,10-13,16,24H,8-9,14-15,18H2,1-2H3. The number of nitriles is 1. The predicted molar refractivity (Wildman–Crippen MR) is 122 cm³/mol. The van der Waals surface area contributed by atoms with Gasteiger partial charge in [-0.2, -0.15) is 5.26 Å². The number of rotatable bonds is 6. The molecule has 5 heteroatoms. The summed E-state index contributed by atoms with van der Waals surface area (Å²) in [6, 6.07) is 21.7. The molecule has 1 aliphatic rings. The van der Waals surface area contributed by atoms with Crippen molar-refractivity contribution in [1.29, 1.82) is 5.26 Å². The maximum atomic E-state index is 13.7. The van der Waals surface area contributed by atoms with Crippen LogP contribution in [-0.2, 0) is 11.3 Å². The first-order chi connectivity index (χ1) is 15.1. The highest BCUT2D eigenvalue weighted by molar-refractivity contribution is 5.91. The van der Waals surface area contributed by atoms with Gasteiger partial charge in [0.05, 0.1) is 12.7 Å². The second-order valence-electron chi connectivity index (χ2n) is 8.02. The van der Waals surface area contributed by atoms with E-state index in [4.69, 9.17) is 4.74 Å². The lowest BCUT2D eigenvalue weighted by atomic mass is 9.98. The number of carbonyl (C=O) groups is 1. The molecule has 0 aliphatic carbocycles. The van der Waals surface area contributed by atoms with Gasteiger partial charge in [-0.25, -0.2) is 0 Å². The molecule has 1 amide bonds. The molecule has 0 radical (unpaired) electrons. The van der Waals surface area contributed by atoms with Crippen molar-refractivity contribution in [2.24, 2.45) is 0 Å². The third-order valence-electron chi connectivity index (χ3n) is 6.06. The van der Waals surface area contributed by atoms with Crippen LogP contribution in [0.2, 0.25) is 0 Å². The quantitative estimate of drug-likeness (QED) is 0.596. The van der Waals surface area contributed by atoms with Crippen molar-refractivity contribution >= 4 is 16.7 Å². The van der Waals surface area contributed by atoms with E-state index in [1.54, 1.807) is 12.0 Å². The van der Waals surface area contributed by atoms with E-state index in [0.29, 0.717) is 17.9 Å². The highest BCUT2D eigenvalue weighted by Crippen LogP contribution is 2.34. The summed E-state index contributed by atoms with van der Waals surface area (Å²) in [4.78, 5) is 17.7. The molecule has 0 aromatic heterocycles. The number of nitrogens with zero attached hydrogens (tertiary/aromatic N) is 3. The topological polar surface area (TPSA) is 56.6 Å². The van der Waals surface area contributed by atoms with E-state index >= 15 is 0 Å². The van der Waals surface area contributed by atoms with Gasteiger partial charge in [-0.1, -0.05) is 54.6 Å². The number of methoxy groups -OCH3 is 1. The molecular weight excluding hydrogens is 386 g/mol. The molecule has 1 saturated heterocycles. The molecule has 3 aromatic rings. The van der Waals surface area contributed by atoms with E-state index in [1.165, 1.54) is 0 Å². The van der Waals surface area contributed by atoms with Crippen LogP contribution in [0, 0.1) is 11.3 Å². The third-order valence-corrected chi connectivity index (χ3v) is 6.06. The summed E-state index contributed by atoms with van der Waals surface area (Å²) in [5.41, 5.74) is 2.36.